The maximum Gasteiger partial charge on any atom is 0.414 e. The van der Waals surface area contributed by atoms with Crippen LogP contribution in [0.1, 0.15) is 13.3 Å². The summed E-state index contributed by atoms with van der Waals surface area (Å²) in [5.41, 5.74) is 0.335. The summed E-state index contributed by atoms with van der Waals surface area (Å²) in [5, 5.41) is 0. The van der Waals surface area contributed by atoms with Crippen LogP contribution in [0, 0.1) is 5.82 Å². The van der Waals surface area contributed by atoms with E-state index in [1.54, 1.807) is 0 Å². The Morgan fingerprint density at radius 3 is 3.00 bits per heavy atom. The molecule has 1 aliphatic rings. The van der Waals surface area contributed by atoms with Gasteiger partial charge in [0.05, 0.1) is 23.0 Å². The fraction of sp³-hybridized carbons (Fsp3) is 0.308. The highest BCUT2D eigenvalue weighted by molar-refractivity contribution is 9.10. The Kier molecular flexibility index (Phi) is 4.09. The van der Waals surface area contributed by atoms with Gasteiger partial charge in [-0.05, 0) is 22.4 Å². The number of amides is 1. The van der Waals surface area contributed by atoms with Crippen LogP contribution in [0.4, 0.5) is 14.9 Å². The molecular formula is C13H13BrFNO3. The second kappa shape index (κ2) is 5.61. The fourth-order valence-corrected chi connectivity index (χ4v) is 2.17. The minimum absolute atomic E-state index is 0.184. The maximum atomic E-state index is 13.7. The lowest BCUT2D eigenvalue weighted by Crippen LogP contribution is -2.25. The molecule has 102 valence electrons. The Labute approximate surface area is 118 Å². The molecule has 1 fully saturated rings. The molecule has 19 heavy (non-hydrogen) atoms. The van der Waals surface area contributed by atoms with Crippen molar-refractivity contribution in [3.05, 3.63) is 35.3 Å². The zero-order valence-corrected chi connectivity index (χ0v) is 11.9. The van der Waals surface area contributed by atoms with Gasteiger partial charge in [-0.15, -0.1) is 0 Å². The number of carbonyl (C=O) groups excluding carboxylic acids is 1. The van der Waals surface area contributed by atoms with Crippen LogP contribution in [-0.4, -0.2) is 18.7 Å². The van der Waals surface area contributed by atoms with Crippen molar-refractivity contribution < 1.29 is 18.7 Å². The molecule has 1 saturated heterocycles. The largest absolute Gasteiger partial charge is 0.463 e. The second-order valence-corrected chi connectivity index (χ2v) is 4.90. The van der Waals surface area contributed by atoms with Crippen molar-refractivity contribution in [2.45, 2.75) is 19.4 Å². The van der Waals surface area contributed by atoms with Crippen LogP contribution in [0.3, 0.4) is 0 Å². The van der Waals surface area contributed by atoms with E-state index in [4.69, 9.17) is 9.47 Å². The lowest BCUT2D eigenvalue weighted by atomic mass is 10.2. The maximum absolute atomic E-state index is 13.7. The first-order valence-corrected chi connectivity index (χ1v) is 6.60. The van der Waals surface area contributed by atoms with Gasteiger partial charge in [0.1, 0.15) is 11.9 Å². The van der Waals surface area contributed by atoms with Crippen molar-refractivity contribution in [1.82, 2.24) is 0 Å². The highest BCUT2D eigenvalue weighted by atomic mass is 79.9. The highest BCUT2D eigenvalue weighted by Crippen LogP contribution is 2.36. The minimum Gasteiger partial charge on any atom is -0.463 e. The van der Waals surface area contributed by atoms with Gasteiger partial charge in [0.15, 0.2) is 5.75 Å². The van der Waals surface area contributed by atoms with E-state index in [9.17, 15) is 9.18 Å². The van der Waals surface area contributed by atoms with E-state index >= 15 is 0 Å². The Bertz CT molecular complexity index is 521. The molecule has 1 aliphatic heterocycles. The van der Waals surface area contributed by atoms with E-state index < -0.39 is 11.9 Å². The van der Waals surface area contributed by atoms with Crippen LogP contribution in [0.2, 0.25) is 0 Å². The number of halogens is 2. The number of cyclic esters (lactones) is 1. The second-order valence-electron chi connectivity index (χ2n) is 4.04. The van der Waals surface area contributed by atoms with Crippen molar-refractivity contribution in [3.63, 3.8) is 0 Å². The van der Waals surface area contributed by atoms with E-state index in [0.29, 0.717) is 24.4 Å². The van der Waals surface area contributed by atoms with Gasteiger partial charge in [-0.2, -0.15) is 0 Å². The molecule has 0 aromatic heterocycles. The zero-order chi connectivity index (χ0) is 14.0. The summed E-state index contributed by atoms with van der Waals surface area (Å²) < 4.78 is 24.3. The molecule has 0 radical (unpaired) electrons. The molecule has 0 N–H and O–H groups in total. The first-order chi connectivity index (χ1) is 9.06. The summed E-state index contributed by atoms with van der Waals surface area (Å²) in [4.78, 5) is 13.1. The van der Waals surface area contributed by atoms with E-state index in [2.05, 4.69) is 22.5 Å². The topological polar surface area (TPSA) is 38.8 Å². The average Bonchev–Trinajstić information content (AvgIpc) is 2.75. The summed E-state index contributed by atoms with van der Waals surface area (Å²) in [6.07, 6.45) is 1.25. The minimum atomic E-state index is -0.498. The Morgan fingerprint density at radius 2 is 2.42 bits per heavy atom. The van der Waals surface area contributed by atoms with Gasteiger partial charge in [-0.1, -0.05) is 13.5 Å². The molecule has 1 aromatic carbocycles. The van der Waals surface area contributed by atoms with Crippen LogP contribution >= 0.6 is 15.9 Å². The monoisotopic (exact) mass is 329 g/mol. The number of nitrogens with zero attached hydrogens (tertiary/aromatic N) is 1. The quantitative estimate of drug-likeness (QED) is 0.787. The molecule has 4 nitrogen and oxygen atoms in total. The summed E-state index contributed by atoms with van der Waals surface area (Å²) in [6.45, 7) is 5.76. The number of ether oxygens (including phenoxy) is 2. The lowest BCUT2D eigenvalue weighted by Gasteiger charge is -2.17. The number of anilines is 1. The summed E-state index contributed by atoms with van der Waals surface area (Å²) in [5.74, 6) is -0.129. The molecule has 0 spiro atoms. The van der Waals surface area contributed by atoms with Crippen LogP contribution in [0.5, 0.6) is 5.75 Å². The zero-order valence-electron chi connectivity index (χ0n) is 10.4. The molecule has 1 atom stereocenters. The Morgan fingerprint density at radius 1 is 1.68 bits per heavy atom. The third-order valence-electron chi connectivity index (χ3n) is 2.83. The van der Waals surface area contributed by atoms with Gasteiger partial charge in [0.2, 0.25) is 0 Å². The molecule has 1 amide bonds. The molecule has 2 rings (SSSR count). The van der Waals surface area contributed by atoms with Gasteiger partial charge in [0, 0.05) is 12.1 Å². The SMILES string of the molecule is C=COc1cc(Br)c(F)cc1N1CC(CC)OC1=O. The normalized spacial score (nSPS) is 18.4. The highest BCUT2D eigenvalue weighted by Gasteiger charge is 2.33. The molecule has 1 aromatic rings. The molecule has 0 bridgehead atoms. The van der Waals surface area contributed by atoms with E-state index in [0.717, 1.165) is 0 Å². The van der Waals surface area contributed by atoms with Crippen molar-refractivity contribution in [2.24, 2.45) is 0 Å². The van der Waals surface area contributed by atoms with E-state index in [-0.39, 0.29) is 10.6 Å². The Balaban J connectivity index is 2.40. The molecule has 0 saturated carbocycles. The summed E-state index contributed by atoms with van der Waals surface area (Å²) in [7, 11) is 0. The molecule has 0 aliphatic carbocycles. The number of hydrogen-bond acceptors (Lipinski definition) is 3. The van der Waals surface area contributed by atoms with Crippen molar-refractivity contribution in [2.75, 3.05) is 11.4 Å². The first kappa shape index (κ1) is 13.9. The smallest absolute Gasteiger partial charge is 0.414 e. The van der Waals surface area contributed by atoms with Crippen LogP contribution < -0.4 is 9.64 Å². The molecule has 6 heteroatoms. The summed E-state index contributed by atoms with van der Waals surface area (Å²) >= 11 is 3.08. The van der Waals surface area contributed by atoms with Gasteiger partial charge in [-0.25, -0.2) is 9.18 Å². The molecule has 1 unspecified atom stereocenters. The predicted octanol–water partition coefficient (Wildman–Crippen LogP) is 3.85. The van der Waals surface area contributed by atoms with Gasteiger partial charge < -0.3 is 9.47 Å². The van der Waals surface area contributed by atoms with Crippen LogP contribution in [0.25, 0.3) is 0 Å². The van der Waals surface area contributed by atoms with E-state index in [1.165, 1.54) is 23.3 Å². The Hall–Kier alpha value is -1.56. The third-order valence-corrected chi connectivity index (χ3v) is 3.44. The van der Waals surface area contributed by atoms with Gasteiger partial charge in [0.25, 0.3) is 0 Å². The lowest BCUT2D eigenvalue weighted by molar-refractivity contribution is 0.139. The fourth-order valence-electron chi connectivity index (χ4n) is 1.84. The number of hydrogen-bond donors (Lipinski definition) is 0. The summed E-state index contributed by atoms with van der Waals surface area (Å²) in [6, 6.07) is 2.70. The number of benzene rings is 1. The van der Waals surface area contributed by atoms with Gasteiger partial charge >= 0.3 is 6.09 Å². The third kappa shape index (κ3) is 2.73. The van der Waals surface area contributed by atoms with Crippen molar-refractivity contribution in [3.8, 4) is 5.75 Å². The number of carbonyl (C=O) groups is 1. The first-order valence-electron chi connectivity index (χ1n) is 5.81. The van der Waals surface area contributed by atoms with E-state index in [1.807, 2.05) is 6.92 Å². The molecule has 1 heterocycles. The predicted molar refractivity (Wildman–Crippen MR) is 72.8 cm³/mol. The van der Waals surface area contributed by atoms with Crippen LogP contribution in [-0.2, 0) is 4.74 Å². The van der Waals surface area contributed by atoms with Gasteiger partial charge in [-0.3, -0.25) is 4.90 Å². The number of rotatable bonds is 4. The average molecular weight is 330 g/mol. The van der Waals surface area contributed by atoms with Crippen LogP contribution in [0.15, 0.2) is 29.4 Å². The van der Waals surface area contributed by atoms with Crippen molar-refractivity contribution in [1.29, 1.82) is 0 Å². The molecular weight excluding hydrogens is 317 g/mol. The standard InChI is InChI=1S/C13H13BrFNO3/c1-3-8-7-16(13(17)19-8)11-6-10(15)9(14)5-12(11)18-4-2/h4-6,8H,2-3,7H2,1H3. The van der Waals surface area contributed by atoms with Crippen molar-refractivity contribution >= 4 is 27.7 Å².